The van der Waals surface area contributed by atoms with Gasteiger partial charge in [-0.1, -0.05) is 12.2 Å². The van der Waals surface area contributed by atoms with E-state index in [2.05, 4.69) is 9.88 Å². The van der Waals surface area contributed by atoms with E-state index in [4.69, 9.17) is 18.0 Å². The lowest BCUT2D eigenvalue weighted by Gasteiger charge is -2.38. The monoisotopic (exact) mass is 265 g/mol. The highest BCUT2D eigenvalue weighted by atomic mass is 32.1. The number of aryl methyl sites for hydroxylation is 1. The molecule has 1 saturated carbocycles. The van der Waals surface area contributed by atoms with Crippen molar-refractivity contribution in [2.24, 2.45) is 5.73 Å². The molecule has 5 heteroatoms. The summed E-state index contributed by atoms with van der Waals surface area (Å²) in [4.78, 5) is 7.09. The van der Waals surface area contributed by atoms with Gasteiger partial charge in [-0.05, 0) is 38.3 Å². The number of nitrogens with zero attached hydrogens (tertiary/aromatic N) is 2. The summed E-state index contributed by atoms with van der Waals surface area (Å²) in [5.74, 6) is 0.872. The van der Waals surface area contributed by atoms with E-state index in [0.717, 1.165) is 29.9 Å². The molecule has 0 amide bonds. The molecule has 0 atom stereocenters. The fourth-order valence-corrected chi connectivity index (χ4v) is 2.35. The summed E-state index contributed by atoms with van der Waals surface area (Å²) >= 11 is 5.02. The van der Waals surface area contributed by atoms with Gasteiger partial charge in [-0.2, -0.15) is 0 Å². The molecule has 0 spiro atoms. The second kappa shape index (κ2) is 5.63. The van der Waals surface area contributed by atoms with Crippen LogP contribution in [0.4, 0.5) is 5.82 Å². The zero-order valence-corrected chi connectivity index (χ0v) is 11.4. The van der Waals surface area contributed by atoms with Crippen LogP contribution < -0.4 is 10.6 Å². The number of aliphatic hydroxyl groups is 1. The minimum absolute atomic E-state index is 0.133. The Morgan fingerprint density at radius 3 is 2.78 bits per heavy atom. The largest absolute Gasteiger partial charge is 0.395 e. The fraction of sp³-hybridized carbons (Fsp3) is 0.538. The summed E-state index contributed by atoms with van der Waals surface area (Å²) < 4.78 is 0. The van der Waals surface area contributed by atoms with Gasteiger partial charge in [0, 0.05) is 23.8 Å². The van der Waals surface area contributed by atoms with Crippen LogP contribution in [0, 0.1) is 6.92 Å². The number of aliphatic hydroxyl groups excluding tert-OH is 1. The number of hydrogen-bond acceptors (Lipinski definition) is 4. The van der Waals surface area contributed by atoms with E-state index in [-0.39, 0.29) is 6.61 Å². The van der Waals surface area contributed by atoms with Gasteiger partial charge in [0.15, 0.2) is 0 Å². The van der Waals surface area contributed by atoms with Gasteiger partial charge in [0.25, 0.3) is 0 Å². The normalized spacial score (nSPS) is 15.2. The number of aromatic nitrogens is 1. The first-order chi connectivity index (χ1) is 8.61. The van der Waals surface area contributed by atoms with Crippen LogP contribution in [0.5, 0.6) is 0 Å². The zero-order chi connectivity index (χ0) is 13.1. The Morgan fingerprint density at radius 1 is 1.56 bits per heavy atom. The van der Waals surface area contributed by atoms with E-state index in [1.54, 1.807) is 0 Å². The molecule has 0 aromatic carbocycles. The molecule has 0 bridgehead atoms. The molecule has 0 unspecified atom stereocenters. The van der Waals surface area contributed by atoms with E-state index >= 15 is 0 Å². The topological polar surface area (TPSA) is 62.4 Å². The maximum atomic E-state index is 9.19. The molecule has 1 aliphatic carbocycles. The Kier molecular flexibility index (Phi) is 4.14. The van der Waals surface area contributed by atoms with Crippen molar-refractivity contribution >= 4 is 23.0 Å². The SMILES string of the molecule is Cc1cc(C(N)=S)cc(N(CCO)C2CCC2)n1. The molecule has 18 heavy (non-hydrogen) atoms. The van der Waals surface area contributed by atoms with Gasteiger partial charge < -0.3 is 15.7 Å². The van der Waals surface area contributed by atoms with Crippen LogP contribution in [0.15, 0.2) is 12.1 Å². The van der Waals surface area contributed by atoms with Gasteiger partial charge in [0.2, 0.25) is 0 Å². The second-order valence-electron chi connectivity index (χ2n) is 4.72. The van der Waals surface area contributed by atoms with Crippen LogP contribution >= 0.6 is 12.2 Å². The smallest absolute Gasteiger partial charge is 0.129 e. The predicted octanol–water partition coefficient (Wildman–Crippen LogP) is 1.38. The van der Waals surface area contributed by atoms with Crippen LogP contribution in [-0.4, -0.2) is 34.3 Å². The van der Waals surface area contributed by atoms with Crippen LogP contribution in [0.1, 0.15) is 30.5 Å². The van der Waals surface area contributed by atoms with Gasteiger partial charge in [-0.25, -0.2) is 4.98 Å². The number of thiocarbonyl (C=S) groups is 1. The predicted molar refractivity (Wildman–Crippen MR) is 76.9 cm³/mol. The number of pyridine rings is 1. The molecule has 1 heterocycles. The lowest BCUT2D eigenvalue weighted by molar-refractivity contribution is 0.283. The molecule has 1 aliphatic rings. The van der Waals surface area contributed by atoms with Gasteiger partial charge >= 0.3 is 0 Å². The number of nitrogens with two attached hydrogens (primary N) is 1. The molecule has 0 saturated heterocycles. The van der Waals surface area contributed by atoms with Crippen molar-refractivity contribution in [3.8, 4) is 0 Å². The summed E-state index contributed by atoms with van der Waals surface area (Å²) in [6, 6.07) is 4.30. The highest BCUT2D eigenvalue weighted by Gasteiger charge is 2.26. The maximum Gasteiger partial charge on any atom is 0.129 e. The average Bonchev–Trinajstić information content (AvgIpc) is 2.25. The van der Waals surface area contributed by atoms with Crippen molar-refractivity contribution in [3.63, 3.8) is 0 Å². The van der Waals surface area contributed by atoms with E-state index < -0.39 is 0 Å². The number of rotatable bonds is 5. The molecule has 1 fully saturated rings. The van der Waals surface area contributed by atoms with Crippen molar-refractivity contribution < 1.29 is 5.11 Å². The van der Waals surface area contributed by atoms with Crippen molar-refractivity contribution in [3.05, 3.63) is 23.4 Å². The van der Waals surface area contributed by atoms with Crippen molar-refractivity contribution in [1.29, 1.82) is 0 Å². The van der Waals surface area contributed by atoms with Crippen LogP contribution in [0.25, 0.3) is 0 Å². The van der Waals surface area contributed by atoms with Gasteiger partial charge in [0.05, 0.1) is 6.61 Å². The third-order valence-electron chi connectivity index (χ3n) is 3.38. The zero-order valence-electron chi connectivity index (χ0n) is 10.6. The first-order valence-corrected chi connectivity index (χ1v) is 6.68. The first-order valence-electron chi connectivity index (χ1n) is 6.28. The number of hydrogen-bond donors (Lipinski definition) is 2. The molecular formula is C13H19N3OS. The Balaban J connectivity index is 2.30. The second-order valence-corrected chi connectivity index (χ2v) is 5.16. The molecule has 2 rings (SSSR count). The van der Waals surface area contributed by atoms with Gasteiger partial charge in [0.1, 0.15) is 10.8 Å². The molecule has 1 aromatic rings. The molecular weight excluding hydrogens is 246 g/mol. The summed E-state index contributed by atoms with van der Waals surface area (Å²) in [5.41, 5.74) is 7.43. The summed E-state index contributed by atoms with van der Waals surface area (Å²) in [7, 11) is 0. The molecule has 0 aliphatic heterocycles. The Hall–Kier alpha value is -1.20. The van der Waals surface area contributed by atoms with Crippen LogP contribution in [0.3, 0.4) is 0 Å². The summed E-state index contributed by atoms with van der Waals surface area (Å²) in [6.07, 6.45) is 3.58. The van der Waals surface area contributed by atoms with Crippen molar-refractivity contribution in [2.45, 2.75) is 32.2 Å². The standard InChI is InChI=1S/C13H19N3OS/c1-9-7-10(13(14)18)8-12(15-9)16(5-6-17)11-3-2-4-11/h7-8,11,17H,2-6H2,1H3,(H2,14,18). The third kappa shape index (κ3) is 2.79. The maximum absolute atomic E-state index is 9.19. The Bertz CT molecular complexity index is 446. The Labute approximate surface area is 113 Å². The van der Waals surface area contributed by atoms with Gasteiger partial charge in [-0.15, -0.1) is 0 Å². The molecule has 98 valence electrons. The number of anilines is 1. The molecule has 3 N–H and O–H groups in total. The minimum atomic E-state index is 0.133. The highest BCUT2D eigenvalue weighted by Crippen LogP contribution is 2.28. The third-order valence-corrected chi connectivity index (χ3v) is 3.61. The summed E-state index contributed by atoms with van der Waals surface area (Å²) in [6.45, 7) is 2.68. The van der Waals surface area contributed by atoms with Crippen LogP contribution in [-0.2, 0) is 0 Å². The molecule has 1 aromatic heterocycles. The fourth-order valence-electron chi connectivity index (χ4n) is 2.23. The summed E-state index contributed by atoms with van der Waals surface area (Å²) in [5, 5.41) is 9.19. The van der Waals surface area contributed by atoms with E-state index in [9.17, 15) is 5.11 Å². The Morgan fingerprint density at radius 2 is 2.28 bits per heavy atom. The highest BCUT2D eigenvalue weighted by molar-refractivity contribution is 7.80. The van der Waals surface area contributed by atoms with Gasteiger partial charge in [-0.3, -0.25) is 0 Å². The lowest BCUT2D eigenvalue weighted by atomic mass is 9.91. The first kappa shape index (κ1) is 13.2. The minimum Gasteiger partial charge on any atom is -0.395 e. The van der Waals surface area contributed by atoms with E-state index in [1.165, 1.54) is 6.42 Å². The van der Waals surface area contributed by atoms with E-state index in [1.807, 2.05) is 19.1 Å². The lowest BCUT2D eigenvalue weighted by Crippen LogP contribution is -2.42. The van der Waals surface area contributed by atoms with E-state index in [0.29, 0.717) is 17.6 Å². The van der Waals surface area contributed by atoms with Crippen molar-refractivity contribution in [1.82, 2.24) is 4.98 Å². The molecule has 0 radical (unpaired) electrons. The quantitative estimate of drug-likeness (QED) is 0.788. The van der Waals surface area contributed by atoms with Crippen LogP contribution in [0.2, 0.25) is 0 Å². The average molecular weight is 265 g/mol. The molecule has 4 nitrogen and oxygen atoms in total. The van der Waals surface area contributed by atoms with Crippen molar-refractivity contribution in [2.75, 3.05) is 18.1 Å².